The van der Waals surface area contributed by atoms with Crippen LogP contribution in [0.5, 0.6) is 0 Å². The molecule has 5 heteroatoms. The van der Waals surface area contributed by atoms with Crippen LogP contribution in [0.15, 0.2) is 15.0 Å². The van der Waals surface area contributed by atoms with Gasteiger partial charge in [0, 0.05) is 35.0 Å². The summed E-state index contributed by atoms with van der Waals surface area (Å²) in [5.74, 6) is 0.645. The van der Waals surface area contributed by atoms with E-state index < -0.39 is 0 Å². The Balaban J connectivity index is 0.00000108. The van der Waals surface area contributed by atoms with Crippen molar-refractivity contribution in [3.05, 3.63) is 26.1 Å². The van der Waals surface area contributed by atoms with Crippen LogP contribution in [0.4, 0.5) is 5.69 Å². The van der Waals surface area contributed by atoms with E-state index in [0.717, 1.165) is 26.1 Å². The molecule has 0 amide bonds. The Morgan fingerprint density at radius 3 is 2.88 bits per heavy atom. The number of hydrogen-bond donors (Lipinski definition) is 1. The van der Waals surface area contributed by atoms with Gasteiger partial charge in [0.15, 0.2) is 0 Å². The lowest BCUT2D eigenvalue weighted by atomic mass is 9.95. The van der Waals surface area contributed by atoms with Gasteiger partial charge in [0.25, 0.3) is 0 Å². The van der Waals surface area contributed by atoms with Crippen molar-refractivity contribution in [2.75, 3.05) is 31.6 Å². The molecule has 2 aliphatic rings. The smallest absolute Gasteiger partial charge is 0.0548 e. The van der Waals surface area contributed by atoms with E-state index in [-0.39, 0.29) is 12.4 Å². The van der Waals surface area contributed by atoms with Crippen LogP contribution in [0.2, 0.25) is 0 Å². The highest BCUT2D eigenvalue weighted by Crippen LogP contribution is 2.46. The molecule has 1 atom stereocenters. The molecule has 1 aromatic carbocycles. The lowest BCUT2D eigenvalue weighted by Crippen LogP contribution is -2.24. The summed E-state index contributed by atoms with van der Waals surface area (Å²) in [7, 11) is 2.18. The Morgan fingerprint density at radius 1 is 1.35 bits per heavy atom. The van der Waals surface area contributed by atoms with Gasteiger partial charge in [0.2, 0.25) is 0 Å². The maximum absolute atomic E-state index is 3.70. The van der Waals surface area contributed by atoms with Gasteiger partial charge in [-0.15, -0.1) is 12.4 Å². The molecule has 0 saturated carbocycles. The summed E-state index contributed by atoms with van der Waals surface area (Å²) in [5, 5.41) is 3.53. The van der Waals surface area contributed by atoms with Gasteiger partial charge in [-0.25, -0.2) is 0 Å². The molecule has 94 valence electrons. The summed E-state index contributed by atoms with van der Waals surface area (Å²) in [6.45, 7) is 3.32. The quantitative estimate of drug-likeness (QED) is 0.741. The van der Waals surface area contributed by atoms with Crippen LogP contribution in [0.25, 0.3) is 0 Å². The summed E-state index contributed by atoms with van der Waals surface area (Å²) in [5.41, 5.74) is 4.44. The van der Waals surface area contributed by atoms with Gasteiger partial charge in [-0.05, 0) is 46.1 Å². The van der Waals surface area contributed by atoms with Crippen LogP contribution >= 0.6 is 44.3 Å². The Kier molecular flexibility index (Phi) is 4.08. The molecule has 2 nitrogen and oxygen atoms in total. The predicted octanol–water partition coefficient (Wildman–Crippen LogP) is 3.31. The van der Waals surface area contributed by atoms with E-state index in [9.17, 15) is 0 Å². The van der Waals surface area contributed by atoms with E-state index in [1.165, 1.54) is 20.2 Å². The normalized spacial score (nSPS) is 21.8. The Bertz CT molecular complexity index is 451. The van der Waals surface area contributed by atoms with E-state index in [0.29, 0.717) is 5.92 Å². The first-order valence-electron chi connectivity index (χ1n) is 5.61. The maximum Gasteiger partial charge on any atom is 0.0548 e. The zero-order chi connectivity index (χ0) is 11.3. The molecule has 1 unspecified atom stereocenters. The van der Waals surface area contributed by atoms with Crippen molar-refractivity contribution in [1.82, 2.24) is 5.32 Å². The average Bonchev–Trinajstić information content (AvgIpc) is 2.43. The van der Waals surface area contributed by atoms with Gasteiger partial charge in [-0.1, -0.05) is 15.9 Å². The topological polar surface area (TPSA) is 15.3 Å². The van der Waals surface area contributed by atoms with Crippen LogP contribution in [0, 0.1) is 0 Å². The van der Waals surface area contributed by atoms with Crippen LogP contribution in [0.1, 0.15) is 17.0 Å². The van der Waals surface area contributed by atoms with Crippen molar-refractivity contribution in [1.29, 1.82) is 0 Å². The zero-order valence-electron chi connectivity index (χ0n) is 9.59. The van der Waals surface area contributed by atoms with Gasteiger partial charge in [0.05, 0.1) is 5.69 Å². The minimum Gasteiger partial charge on any atom is -0.373 e. The number of hydrogen-bond acceptors (Lipinski definition) is 2. The number of halogens is 3. The van der Waals surface area contributed by atoms with Crippen molar-refractivity contribution in [2.45, 2.75) is 12.3 Å². The summed E-state index contributed by atoms with van der Waals surface area (Å²) in [4.78, 5) is 2.37. The van der Waals surface area contributed by atoms with E-state index >= 15 is 0 Å². The third-order valence-electron chi connectivity index (χ3n) is 3.57. The third kappa shape index (κ3) is 2.14. The standard InChI is InChI=1S/C12H14Br2N2.ClH/c1-16-6-7-5-15-3-2-8-9(13)4-10(14)12(16)11(7)8;/h4,7,15H,2-3,5-6H2,1H3;1H. The monoisotopic (exact) mass is 380 g/mol. The largest absolute Gasteiger partial charge is 0.373 e. The number of nitrogens with one attached hydrogen (secondary N) is 1. The first-order chi connectivity index (χ1) is 7.68. The SMILES string of the molecule is CN1CC2CNCCc3c(Br)cc(Br)c1c32.Cl. The third-order valence-corrected chi connectivity index (χ3v) is 4.89. The molecule has 0 aliphatic carbocycles. The van der Waals surface area contributed by atoms with Crippen molar-refractivity contribution in [3.63, 3.8) is 0 Å². The second-order valence-electron chi connectivity index (χ2n) is 4.61. The lowest BCUT2D eigenvalue weighted by Gasteiger charge is -2.16. The molecule has 17 heavy (non-hydrogen) atoms. The fourth-order valence-electron chi connectivity index (χ4n) is 2.92. The van der Waals surface area contributed by atoms with Crippen molar-refractivity contribution in [3.8, 4) is 0 Å². The molecule has 0 aromatic heterocycles. The van der Waals surface area contributed by atoms with Crippen LogP contribution < -0.4 is 10.2 Å². The lowest BCUT2D eigenvalue weighted by molar-refractivity contribution is 0.625. The number of anilines is 1. The molecule has 2 aliphatic heterocycles. The van der Waals surface area contributed by atoms with Crippen molar-refractivity contribution < 1.29 is 0 Å². The average molecular weight is 383 g/mol. The van der Waals surface area contributed by atoms with Gasteiger partial charge in [0.1, 0.15) is 0 Å². The second kappa shape index (κ2) is 5.08. The molecule has 3 rings (SSSR count). The number of nitrogens with zero attached hydrogens (tertiary/aromatic N) is 1. The summed E-state index contributed by atoms with van der Waals surface area (Å²) >= 11 is 7.39. The molecule has 0 fully saturated rings. The zero-order valence-corrected chi connectivity index (χ0v) is 13.6. The molecule has 2 heterocycles. The van der Waals surface area contributed by atoms with E-state index in [1.807, 2.05) is 0 Å². The fraction of sp³-hybridized carbons (Fsp3) is 0.500. The maximum atomic E-state index is 3.70. The number of rotatable bonds is 0. The van der Waals surface area contributed by atoms with Crippen LogP contribution in [-0.2, 0) is 6.42 Å². The van der Waals surface area contributed by atoms with E-state index in [4.69, 9.17) is 0 Å². The van der Waals surface area contributed by atoms with Gasteiger partial charge >= 0.3 is 0 Å². The van der Waals surface area contributed by atoms with E-state index in [2.05, 4.69) is 55.2 Å². The number of likely N-dealkylation sites (N-methyl/N-ethyl adjacent to an activating group) is 1. The van der Waals surface area contributed by atoms with E-state index in [1.54, 1.807) is 5.56 Å². The Morgan fingerprint density at radius 2 is 2.12 bits per heavy atom. The minimum atomic E-state index is 0. The first-order valence-corrected chi connectivity index (χ1v) is 7.19. The van der Waals surface area contributed by atoms with Gasteiger partial charge in [-0.3, -0.25) is 0 Å². The molecule has 1 aromatic rings. The summed E-state index contributed by atoms with van der Waals surface area (Å²) in [6, 6.07) is 2.19. The molecule has 0 spiro atoms. The highest BCUT2D eigenvalue weighted by molar-refractivity contribution is 9.11. The van der Waals surface area contributed by atoms with Crippen molar-refractivity contribution in [2.24, 2.45) is 0 Å². The molecule has 1 N–H and O–H groups in total. The summed E-state index contributed by atoms with van der Waals surface area (Å²) in [6.07, 6.45) is 1.13. The minimum absolute atomic E-state index is 0. The molecular weight excluding hydrogens is 367 g/mol. The molecular formula is C12H15Br2ClN2. The Labute approximate surface area is 125 Å². The molecule has 0 bridgehead atoms. The summed E-state index contributed by atoms with van der Waals surface area (Å²) < 4.78 is 2.46. The first kappa shape index (κ1) is 13.7. The van der Waals surface area contributed by atoms with Crippen molar-refractivity contribution >= 4 is 50.0 Å². The highest BCUT2D eigenvalue weighted by atomic mass is 79.9. The molecule has 0 radical (unpaired) electrons. The van der Waals surface area contributed by atoms with Gasteiger partial charge in [-0.2, -0.15) is 0 Å². The number of benzene rings is 1. The molecule has 0 saturated heterocycles. The van der Waals surface area contributed by atoms with Crippen LogP contribution in [-0.4, -0.2) is 26.7 Å². The predicted molar refractivity (Wildman–Crippen MR) is 81.7 cm³/mol. The van der Waals surface area contributed by atoms with Gasteiger partial charge < -0.3 is 10.2 Å². The fourth-order valence-corrected chi connectivity index (χ4v) is 4.61. The van der Waals surface area contributed by atoms with Crippen LogP contribution in [0.3, 0.4) is 0 Å². The second-order valence-corrected chi connectivity index (χ2v) is 6.32. The Hall–Kier alpha value is 0.230. The highest BCUT2D eigenvalue weighted by Gasteiger charge is 2.32.